The number of aliphatic hydroxyl groups is 1. The maximum Gasteiger partial charge on any atom is 0.203 e. The maximum absolute atomic E-state index is 10.2. The van der Waals surface area contributed by atoms with E-state index in [4.69, 9.17) is 14.2 Å². The Balaban J connectivity index is 1.81. The van der Waals surface area contributed by atoms with Crippen LogP contribution < -0.4 is 14.2 Å². The molecule has 2 aliphatic rings. The standard InChI is InChI=1S/C17H25NO4/c1-20-14-7-6-13(16(21-2)17(14)22-3)10-18-8-11-4-5-12(9-18)15(11)19/h6-7,11-12,15,19H,4-5,8-10H2,1-3H3/t11-,12+,15?. The second kappa shape index (κ2) is 6.34. The van der Waals surface area contributed by atoms with Gasteiger partial charge in [0.15, 0.2) is 11.5 Å². The van der Waals surface area contributed by atoms with E-state index in [9.17, 15) is 5.11 Å². The van der Waals surface area contributed by atoms with Crippen LogP contribution in [0.2, 0.25) is 0 Å². The summed E-state index contributed by atoms with van der Waals surface area (Å²) in [5.74, 6) is 2.90. The number of rotatable bonds is 5. The first-order valence-electron chi connectivity index (χ1n) is 7.86. The molecule has 5 nitrogen and oxygen atoms in total. The molecule has 3 atom stereocenters. The molecular formula is C17H25NO4. The van der Waals surface area contributed by atoms with Gasteiger partial charge in [-0.25, -0.2) is 0 Å². The number of piperidine rings is 1. The molecule has 1 aromatic carbocycles. The van der Waals surface area contributed by atoms with E-state index in [1.54, 1.807) is 21.3 Å². The van der Waals surface area contributed by atoms with Gasteiger partial charge in [-0.1, -0.05) is 6.07 Å². The Labute approximate surface area is 131 Å². The van der Waals surface area contributed by atoms with Crippen molar-refractivity contribution in [1.82, 2.24) is 4.90 Å². The smallest absolute Gasteiger partial charge is 0.203 e. The topological polar surface area (TPSA) is 51.2 Å². The van der Waals surface area contributed by atoms with E-state index >= 15 is 0 Å². The van der Waals surface area contributed by atoms with Crippen LogP contribution in [0, 0.1) is 11.8 Å². The molecule has 5 heteroatoms. The molecule has 1 aromatic rings. The normalized spacial score (nSPS) is 27.7. The van der Waals surface area contributed by atoms with Gasteiger partial charge in [0.1, 0.15) is 0 Å². The number of aliphatic hydroxyl groups excluding tert-OH is 1. The molecule has 1 saturated carbocycles. The van der Waals surface area contributed by atoms with E-state index in [0.29, 0.717) is 23.3 Å². The summed E-state index contributed by atoms with van der Waals surface area (Å²) in [5, 5.41) is 10.2. The number of hydrogen-bond donors (Lipinski definition) is 1. The SMILES string of the molecule is COc1ccc(CN2C[C@H]3CC[C@@H](C2)C3O)c(OC)c1OC. The molecule has 3 rings (SSSR count). The molecule has 122 valence electrons. The summed E-state index contributed by atoms with van der Waals surface area (Å²) in [6.07, 6.45) is 2.18. The van der Waals surface area contributed by atoms with Crippen LogP contribution in [0.3, 0.4) is 0 Å². The fourth-order valence-corrected chi connectivity index (χ4v) is 3.95. The Morgan fingerprint density at radius 1 is 1.00 bits per heavy atom. The van der Waals surface area contributed by atoms with Crippen LogP contribution in [0.5, 0.6) is 17.2 Å². The minimum atomic E-state index is -0.108. The van der Waals surface area contributed by atoms with Crippen molar-refractivity contribution in [3.63, 3.8) is 0 Å². The summed E-state index contributed by atoms with van der Waals surface area (Å²) < 4.78 is 16.3. The van der Waals surface area contributed by atoms with Crippen LogP contribution in [-0.2, 0) is 6.54 Å². The molecule has 0 radical (unpaired) electrons. The van der Waals surface area contributed by atoms with Crippen LogP contribution in [0.15, 0.2) is 12.1 Å². The van der Waals surface area contributed by atoms with Crippen LogP contribution in [-0.4, -0.2) is 50.5 Å². The molecule has 2 bridgehead atoms. The Morgan fingerprint density at radius 2 is 1.64 bits per heavy atom. The first-order chi connectivity index (χ1) is 10.7. The van der Waals surface area contributed by atoms with E-state index in [1.165, 1.54) is 0 Å². The zero-order valence-electron chi connectivity index (χ0n) is 13.5. The van der Waals surface area contributed by atoms with Crippen LogP contribution >= 0.6 is 0 Å². The van der Waals surface area contributed by atoms with Crippen molar-refractivity contribution < 1.29 is 19.3 Å². The van der Waals surface area contributed by atoms with Crippen molar-refractivity contribution in [3.05, 3.63) is 17.7 Å². The van der Waals surface area contributed by atoms with Gasteiger partial charge >= 0.3 is 0 Å². The van der Waals surface area contributed by atoms with Gasteiger partial charge in [0.25, 0.3) is 0 Å². The molecule has 22 heavy (non-hydrogen) atoms. The number of fused-ring (bicyclic) bond motifs is 2. The number of likely N-dealkylation sites (tertiary alicyclic amines) is 1. The second-order valence-electron chi connectivity index (χ2n) is 6.28. The average molecular weight is 307 g/mol. The zero-order chi connectivity index (χ0) is 15.7. The molecule has 0 spiro atoms. The highest BCUT2D eigenvalue weighted by Crippen LogP contribution is 2.42. The predicted molar refractivity (Wildman–Crippen MR) is 83.6 cm³/mol. The lowest BCUT2D eigenvalue weighted by Crippen LogP contribution is -2.44. The van der Waals surface area contributed by atoms with Crippen LogP contribution in [0.4, 0.5) is 0 Å². The highest BCUT2D eigenvalue weighted by molar-refractivity contribution is 5.55. The molecule has 0 aromatic heterocycles. The molecular weight excluding hydrogens is 282 g/mol. The Kier molecular flexibility index (Phi) is 4.45. The van der Waals surface area contributed by atoms with Gasteiger partial charge in [0.05, 0.1) is 27.4 Å². The van der Waals surface area contributed by atoms with Crippen molar-refractivity contribution in [2.75, 3.05) is 34.4 Å². The number of benzene rings is 1. The summed E-state index contributed by atoms with van der Waals surface area (Å²) in [6.45, 7) is 2.72. The van der Waals surface area contributed by atoms with Gasteiger partial charge < -0.3 is 19.3 Å². The van der Waals surface area contributed by atoms with Crippen molar-refractivity contribution >= 4 is 0 Å². The molecule has 1 unspecified atom stereocenters. The quantitative estimate of drug-likeness (QED) is 0.900. The van der Waals surface area contributed by atoms with E-state index in [0.717, 1.165) is 43.8 Å². The Hall–Kier alpha value is -1.46. The summed E-state index contributed by atoms with van der Waals surface area (Å²) in [5.41, 5.74) is 1.09. The lowest BCUT2D eigenvalue weighted by molar-refractivity contribution is 0.0136. The van der Waals surface area contributed by atoms with Crippen molar-refractivity contribution in [1.29, 1.82) is 0 Å². The largest absolute Gasteiger partial charge is 0.493 e. The fraction of sp³-hybridized carbons (Fsp3) is 0.647. The van der Waals surface area contributed by atoms with Gasteiger partial charge in [-0.3, -0.25) is 4.90 Å². The summed E-state index contributed by atoms with van der Waals surface area (Å²) in [6, 6.07) is 3.96. The summed E-state index contributed by atoms with van der Waals surface area (Å²) >= 11 is 0. The highest BCUT2D eigenvalue weighted by atomic mass is 16.5. The van der Waals surface area contributed by atoms with Crippen LogP contribution in [0.25, 0.3) is 0 Å². The minimum absolute atomic E-state index is 0.108. The predicted octanol–water partition coefficient (Wildman–Crippen LogP) is 1.92. The molecule has 0 amide bonds. The summed E-state index contributed by atoms with van der Waals surface area (Å²) in [7, 11) is 4.91. The third kappa shape index (κ3) is 2.63. The van der Waals surface area contributed by atoms with Gasteiger partial charge in [0, 0.05) is 25.2 Å². The van der Waals surface area contributed by atoms with Gasteiger partial charge in [0.2, 0.25) is 5.75 Å². The second-order valence-corrected chi connectivity index (χ2v) is 6.28. The van der Waals surface area contributed by atoms with Crippen LogP contribution in [0.1, 0.15) is 18.4 Å². The molecule has 1 N–H and O–H groups in total. The Bertz CT molecular complexity index is 520. The third-order valence-corrected chi connectivity index (χ3v) is 5.04. The third-order valence-electron chi connectivity index (χ3n) is 5.04. The highest BCUT2D eigenvalue weighted by Gasteiger charge is 2.40. The van der Waals surface area contributed by atoms with Gasteiger partial charge in [-0.05, 0) is 30.7 Å². The van der Waals surface area contributed by atoms with E-state index in [-0.39, 0.29) is 6.10 Å². The number of ether oxygens (including phenoxy) is 3. The zero-order valence-corrected chi connectivity index (χ0v) is 13.5. The van der Waals surface area contributed by atoms with Crippen molar-refractivity contribution in [3.8, 4) is 17.2 Å². The first kappa shape index (κ1) is 15.4. The van der Waals surface area contributed by atoms with E-state index < -0.39 is 0 Å². The Morgan fingerprint density at radius 3 is 2.18 bits per heavy atom. The van der Waals surface area contributed by atoms with Crippen molar-refractivity contribution in [2.45, 2.75) is 25.5 Å². The number of methoxy groups -OCH3 is 3. The molecule has 2 fully saturated rings. The molecule has 1 saturated heterocycles. The lowest BCUT2D eigenvalue weighted by atomic mass is 9.94. The molecule has 1 aliphatic heterocycles. The number of nitrogens with zero attached hydrogens (tertiary/aromatic N) is 1. The first-order valence-corrected chi connectivity index (χ1v) is 7.86. The maximum atomic E-state index is 10.2. The minimum Gasteiger partial charge on any atom is -0.493 e. The van der Waals surface area contributed by atoms with E-state index in [1.807, 2.05) is 12.1 Å². The molecule has 1 heterocycles. The van der Waals surface area contributed by atoms with E-state index in [2.05, 4.69) is 4.90 Å². The van der Waals surface area contributed by atoms with Gasteiger partial charge in [-0.2, -0.15) is 0 Å². The lowest BCUT2D eigenvalue weighted by Gasteiger charge is -2.35. The summed E-state index contributed by atoms with van der Waals surface area (Å²) in [4.78, 5) is 2.42. The fourth-order valence-electron chi connectivity index (χ4n) is 3.95. The number of hydrogen-bond acceptors (Lipinski definition) is 5. The average Bonchev–Trinajstić information content (AvgIpc) is 2.76. The monoisotopic (exact) mass is 307 g/mol. The van der Waals surface area contributed by atoms with Crippen molar-refractivity contribution in [2.24, 2.45) is 11.8 Å². The van der Waals surface area contributed by atoms with Gasteiger partial charge in [-0.15, -0.1) is 0 Å². The molecule has 1 aliphatic carbocycles.